The second-order valence-electron chi connectivity index (χ2n) is 5.82. The van der Waals surface area contributed by atoms with Crippen molar-refractivity contribution in [2.45, 2.75) is 40.2 Å². The van der Waals surface area contributed by atoms with E-state index in [2.05, 4.69) is 19.2 Å². The van der Waals surface area contributed by atoms with E-state index in [1.54, 1.807) is 6.07 Å². The highest BCUT2D eigenvalue weighted by Gasteiger charge is 2.19. The molecule has 0 heterocycles. The van der Waals surface area contributed by atoms with Crippen LogP contribution in [0.5, 0.6) is 0 Å². The van der Waals surface area contributed by atoms with Crippen molar-refractivity contribution in [1.29, 1.82) is 0 Å². The van der Waals surface area contributed by atoms with E-state index in [4.69, 9.17) is 4.74 Å². The van der Waals surface area contributed by atoms with Gasteiger partial charge in [0.25, 0.3) is 0 Å². The third kappa shape index (κ3) is 4.78. The maximum atomic E-state index is 12.1. The third-order valence-electron chi connectivity index (χ3n) is 2.25. The Kier molecular flexibility index (Phi) is 4.76. The lowest BCUT2D eigenvalue weighted by Gasteiger charge is -2.21. The Morgan fingerprint density at radius 3 is 2.44 bits per heavy atom. The van der Waals surface area contributed by atoms with Gasteiger partial charge in [0.1, 0.15) is 5.60 Å². The van der Waals surface area contributed by atoms with Gasteiger partial charge in [-0.15, -0.1) is 0 Å². The summed E-state index contributed by atoms with van der Waals surface area (Å²) in [5, 5.41) is 3.28. The Bertz CT molecular complexity index is 405. The molecule has 0 aromatic heterocycles. The minimum atomic E-state index is -0.470. The first-order valence-corrected chi connectivity index (χ1v) is 6.36. The summed E-state index contributed by atoms with van der Waals surface area (Å²) in [6, 6.07) is 7.45. The molecular weight excluding hydrogens is 226 g/mol. The van der Waals surface area contributed by atoms with Gasteiger partial charge >= 0.3 is 5.97 Å². The summed E-state index contributed by atoms with van der Waals surface area (Å²) in [5.41, 5.74) is 0.955. The summed E-state index contributed by atoms with van der Waals surface area (Å²) in [4.78, 5) is 12.1. The van der Waals surface area contributed by atoms with Gasteiger partial charge in [-0.1, -0.05) is 26.0 Å². The molecule has 0 amide bonds. The van der Waals surface area contributed by atoms with Crippen molar-refractivity contribution in [2.75, 3.05) is 11.9 Å². The molecule has 18 heavy (non-hydrogen) atoms. The molecule has 100 valence electrons. The summed E-state index contributed by atoms with van der Waals surface area (Å²) in [5.74, 6) is 0.242. The van der Waals surface area contributed by atoms with Crippen LogP contribution in [0.4, 0.5) is 5.69 Å². The fourth-order valence-corrected chi connectivity index (χ4v) is 1.46. The highest BCUT2D eigenvalue weighted by Crippen LogP contribution is 2.19. The largest absolute Gasteiger partial charge is 0.456 e. The van der Waals surface area contributed by atoms with Crippen LogP contribution in [0.1, 0.15) is 45.0 Å². The van der Waals surface area contributed by atoms with Crippen molar-refractivity contribution in [3.63, 3.8) is 0 Å². The van der Waals surface area contributed by atoms with Crippen molar-refractivity contribution in [3.8, 4) is 0 Å². The Morgan fingerprint density at radius 2 is 1.89 bits per heavy atom. The second kappa shape index (κ2) is 5.89. The monoisotopic (exact) mass is 249 g/mol. The van der Waals surface area contributed by atoms with E-state index in [0.717, 1.165) is 12.2 Å². The van der Waals surface area contributed by atoms with Gasteiger partial charge in [-0.2, -0.15) is 0 Å². The zero-order valence-corrected chi connectivity index (χ0v) is 11.9. The molecule has 0 radical (unpaired) electrons. The predicted molar refractivity (Wildman–Crippen MR) is 74.9 cm³/mol. The van der Waals surface area contributed by atoms with Crippen LogP contribution in [0.2, 0.25) is 0 Å². The number of carbonyl (C=O) groups excluding carboxylic acids is 1. The lowest BCUT2D eigenvalue weighted by Crippen LogP contribution is -2.24. The summed E-state index contributed by atoms with van der Waals surface area (Å²) in [6.07, 6.45) is 0. The smallest absolute Gasteiger partial charge is 0.340 e. The fraction of sp³-hybridized carbons (Fsp3) is 0.533. The topological polar surface area (TPSA) is 38.3 Å². The molecule has 0 spiro atoms. The number of hydrogen-bond acceptors (Lipinski definition) is 3. The third-order valence-corrected chi connectivity index (χ3v) is 2.25. The molecule has 0 saturated carbocycles. The quantitative estimate of drug-likeness (QED) is 0.827. The minimum Gasteiger partial charge on any atom is -0.456 e. The van der Waals surface area contributed by atoms with E-state index in [1.807, 2.05) is 39.0 Å². The molecule has 0 unspecified atom stereocenters. The lowest BCUT2D eigenvalue weighted by molar-refractivity contribution is 0.00707. The Balaban J connectivity index is 2.84. The molecule has 1 aromatic carbocycles. The van der Waals surface area contributed by atoms with Gasteiger partial charge in [-0.25, -0.2) is 4.79 Å². The van der Waals surface area contributed by atoms with Crippen molar-refractivity contribution >= 4 is 11.7 Å². The van der Waals surface area contributed by atoms with E-state index in [9.17, 15) is 4.79 Å². The van der Waals surface area contributed by atoms with Gasteiger partial charge in [0.15, 0.2) is 0 Å². The molecule has 0 bridgehead atoms. The standard InChI is InChI=1S/C15H23NO2/c1-11(2)10-16-13-9-7-6-8-12(13)14(17)18-15(3,4)5/h6-9,11,16H,10H2,1-5H3. The fourth-order valence-electron chi connectivity index (χ4n) is 1.46. The number of ether oxygens (including phenoxy) is 1. The SMILES string of the molecule is CC(C)CNc1ccccc1C(=O)OC(C)(C)C. The molecule has 1 N–H and O–H groups in total. The van der Waals surface area contributed by atoms with Gasteiger partial charge in [0.05, 0.1) is 5.56 Å². The normalized spacial score (nSPS) is 11.4. The summed E-state index contributed by atoms with van der Waals surface area (Å²) >= 11 is 0. The number of benzene rings is 1. The number of anilines is 1. The molecule has 0 fully saturated rings. The van der Waals surface area contributed by atoms with E-state index < -0.39 is 5.60 Å². The van der Waals surface area contributed by atoms with Crippen LogP contribution in [-0.2, 0) is 4.74 Å². The van der Waals surface area contributed by atoms with Crippen molar-refractivity contribution in [1.82, 2.24) is 0 Å². The number of nitrogens with one attached hydrogen (secondary N) is 1. The molecule has 0 aliphatic heterocycles. The Labute approximate surface area is 110 Å². The van der Waals surface area contributed by atoms with Crippen molar-refractivity contribution in [2.24, 2.45) is 5.92 Å². The average Bonchev–Trinajstić information content (AvgIpc) is 2.24. The van der Waals surface area contributed by atoms with Gasteiger partial charge in [0.2, 0.25) is 0 Å². The molecular formula is C15H23NO2. The Morgan fingerprint density at radius 1 is 1.28 bits per heavy atom. The average molecular weight is 249 g/mol. The summed E-state index contributed by atoms with van der Waals surface area (Å²) in [7, 11) is 0. The highest BCUT2D eigenvalue weighted by atomic mass is 16.6. The number of esters is 1. The van der Waals surface area contributed by atoms with Gasteiger partial charge in [0, 0.05) is 12.2 Å². The number of para-hydroxylation sites is 1. The van der Waals surface area contributed by atoms with Crippen LogP contribution in [0.3, 0.4) is 0 Å². The van der Waals surface area contributed by atoms with Crippen molar-refractivity contribution < 1.29 is 9.53 Å². The maximum absolute atomic E-state index is 12.1. The second-order valence-corrected chi connectivity index (χ2v) is 5.82. The molecule has 0 aliphatic carbocycles. The number of rotatable bonds is 4. The van der Waals surface area contributed by atoms with Gasteiger partial charge < -0.3 is 10.1 Å². The van der Waals surface area contributed by atoms with Crippen molar-refractivity contribution in [3.05, 3.63) is 29.8 Å². The molecule has 0 aliphatic rings. The molecule has 0 saturated heterocycles. The first kappa shape index (κ1) is 14.6. The van der Waals surface area contributed by atoms with E-state index in [-0.39, 0.29) is 5.97 Å². The first-order chi connectivity index (χ1) is 8.29. The van der Waals surface area contributed by atoms with Crippen LogP contribution in [-0.4, -0.2) is 18.1 Å². The number of carbonyl (C=O) groups is 1. The number of hydrogen-bond donors (Lipinski definition) is 1. The predicted octanol–water partition coefficient (Wildman–Crippen LogP) is 3.71. The Hall–Kier alpha value is -1.51. The van der Waals surface area contributed by atoms with Gasteiger partial charge in [-0.3, -0.25) is 0 Å². The molecule has 3 nitrogen and oxygen atoms in total. The highest BCUT2D eigenvalue weighted by molar-refractivity contribution is 5.95. The summed E-state index contributed by atoms with van der Waals surface area (Å²) in [6.45, 7) is 10.7. The zero-order chi connectivity index (χ0) is 13.8. The van der Waals surface area contributed by atoms with E-state index in [0.29, 0.717) is 11.5 Å². The molecule has 1 aromatic rings. The molecule has 0 atom stereocenters. The molecule has 1 rings (SSSR count). The van der Waals surface area contributed by atoms with Crippen LogP contribution < -0.4 is 5.32 Å². The summed E-state index contributed by atoms with van der Waals surface area (Å²) < 4.78 is 5.39. The maximum Gasteiger partial charge on any atom is 0.340 e. The van der Waals surface area contributed by atoms with Crippen LogP contribution in [0.25, 0.3) is 0 Å². The van der Waals surface area contributed by atoms with E-state index in [1.165, 1.54) is 0 Å². The van der Waals surface area contributed by atoms with Crippen LogP contribution >= 0.6 is 0 Å². The molecule has 3 heteroatoms. The van der Waals surface area contributed by atoms with E-state index >= 15 is 0 Å². The van der Waals surface area contributed by atoms with Crippen LogP contribution in [0.15, 0.2) is 24.3 Å². The van der Waals surface area contributed by atoms with Crippen LogP contribution in [0, 0.1) is 5.92 Å². The minimum absolute atomic E-state index is 0.283. The first-order valence-electron chi connectivity index (χ1n) is 6.36. The van der Waals surface area contributed by atoms with Gasteiger partial charge in [-0.05, 0) is 38.8 Å². The zero-order valence-electron chi connectivity index (χ0n) is 11.9. The lowest BCUT2D eigenvalue weighted by atomic mass is 10.1.